The second kappa shape index (κ2) is 6.50. The molecule has 1 amide bonds. The van der Waals surface area contributed by atoms with Gasteiger partial charge >= 0.3 is 0 Å². The summed E-state index contributed by atoms with van der Waals surface area (Å²) in [6, 6.07) is 0.645. The molecule has 0 radical (unpaired) electrons. The van der Waals surface area contributed by atoms with Gasteiger partial charge in [0.05, 0.1) is 24.5 Å². The van der Waals surface area contributed by atoms with Crippen LogP contribution in [-0.2, 0) is 13.1 Å². The summed E-state index contributed by atoms with van der Waals surface area (Å²) < 4.78 is 3.89. The fraction of sp³-hybridized carbons (Fsp3) is 0.667. The van der Waals surface area contributed by atoms with Crippen LogP contribution in [0.5, 0.6) is 0 Å². The fourth-order valence-corrected chi connectivity index (χ4v) is 3.73. The molecule has 2 aromatic heterocycles. The molecule has 2 aromatic rings. The van der Waals surface area contributed by atoms with E-state index in [1.54, 1.807) is 6.20 Å². The number of hydrogen-bond acceptors (Lipinski definition) is 5. The van der Waals surface area contributed by atoms with Crippen LogP contribution >= 0.6 is 0 Å². The quantitative estimate of drug-likeness (QED) is 0.808. The molecule has 1 saturated heterocycles. The Hall–Kier alpha value is -2.22. The van der Waals surface area contributed by atoms with Crippen molar-refractivity contribution in [3.05, 3.63) is 29.8 Å². The van der Waals surface area contributed by atoms with Crippen LogP contribution in [0.3, 0.4) is 0 Å². The van der Waals surface area contributed by atoms with E-state index in [1.165, 1.54) is 24.8 Å². The molecular formula is C18H25N7O. The normalized spacial score (nSPS) is 21.4. The van der Waals surface area contributed by atoms with E-state index in [-0.39, 0.29) is 11.9 Å². The number of hydrogen-bond donors (Lipinski definition) is 1. The van der Waals surface area contributed by atoms with Gasteiger partial charge in [-0.15, -0.1) is 5.10 Å². The first kappa shape index (κ1) is 16.0. The van der Waals surface area contributed by atoms with Crippen LogP contribution in [0, 0.1) is 5.92 Å². The predicted molar refractivity (Wildman–Crippen MR) is 94.4 cm³/mol. The molecule has 2 aliphatic carbocycles. The number of nitrogens with one attached hydrogen (secondary N) is 1. The van der Waals surface area contributed by atoms with Crippen molar-refractivity contribution in [2.24, 2.45) is 5.92 Å². The Morgan fingerprint density at radius 1 is 1.19 bits per heavy atom. The Morgan fingerprint density at radius 3 is 2.77 bits per heavy atom. The van der Waals surface area contributed by atoms with Gasteiger partial charge in [-0.3, -0.25) is 14.4 Å². The number of likely N-dealkylation sites (tertiary alicyclic amines) is 1. The first-order chi connectivity index (χ1) is 12.7. The van der Waals surface area contributed by atoms with E-state index in [2.05, 4.69) is 36.5 Å². The van der Waals surface area contributed by atoms with Gasteiger partial charge in [0, 0.05) is 37.9 Å². The maximum atomic E-state index is 12.3. The summed E-state index contributed by atoms with van der Waals surface area (Å²) in [6.45, 7) is 3.70. The smallest absolute Gasteiger partial charge is 0.273 e. The average Bonchev–Trinajstić information content (AvgIpc) is 3.12. The Kier molecular flexibility index (Phi) is 4.00. The Morgan fingerprint density at radius 2 is 2.04 bits per heavy atom. The van der Waals surface area contributed by atoms with Gasteiger partial charge in [0.1, 0.15) is 0 Å². The van der Waals surface area contributed by atoms with E-state index in [9.17, 15) is 4.79 Å². The van der Waals surface area contributed by atoms with E-state index >= 15 is 0 Å². The molecule has 3 heterocycles. The van der Waals surface area contributed by atoms with Gasteiger partial charge in [0.2, 0.25) is 0 Å². The lowest BCUT2D eigenvalue weighted by molar-refractivity contribution is 0.0790. The van der Waals surface area contributed by atoms with Crippen LogP contribution in [0.4, 0.5) is 0 Å². The van der Waals surface area contributed by atoms with Crippen molar-refractivity contribution in [1.29, 1.82) is 0 Å². The van der Waals surface area contributed by atoms with Crippen LogP contribution in [0.2, 0.25) is 0 Å². The van der Waals surface area contributed by atoms with Crippen molar-refractivity contribution in [2.75, 3.05) is 13.1 Å². The van der Waals surface area contributed by atoms with Crippen molar-refractivity contribution >= 4 is 5.91 Å². The van der Waals surface area contributed by atoms with Crippen LogP contribution in [0.15, 0.2) is 18.6 Å². The molecule has 1 aliphatic heterocycles. The van der Waals surface area contributed by atoms with Gasteiger partial charge in [-0.1, -0.05) is 11.6 Å². The molecule has 3 aliphatic rings. The van der Waals surface area contributed by atoms with E-state index in [1.807, 2.05) is 10.9 Å². The second-order valence-corrected chi connectivity index (χ2v) is 8.05. The van der Waals surface area contributed by atoms with E-state index < -0.39 is 0 Å². The minimum atomic E-state index is -0.116. The molecule has 2 saturated carbocycles. The molecule has 0 spiro atoms. The number of carbonyl (C=O) groups is 1. The van der Waals surface area contributed by atoms with E-state index in [0.717, 1.165) is 44.9 Å². The van der Waals surface area contributed by atoms with E-state index in [4.69, 9.17) is 0 Å². The van der Waals surface area contributed by atoms with Gasteiger partial charge in [-0.05, 0) is 31.6 Å². The number of aromatic nitrogens is 5. The minimum absolute atomic E-state index is 0.116. The second-order valence-electron chi connectivity index (χ2n) is 8.05. The van der Waals surface area contributed by atoms with Crippen LogP contribution in [-0.4, -0.2) is 54.7 Å². The number of rotatable bonds is 7. The summed E-state index contributed by atoms with van der Waals surface area (Å²) in [5, 5.41) is 15.6. The molecule has 0 aromatic carbocycles. The van der Waals surface area contributed by atoms with Crippen molar-refractivity contribution in [1.82, 2.24) is 35.0 Å². The van der Waals surface area contributed by atoms with Crippen LogP contribution < -0.4 is 5.32 Å². The number of carbonyl (C=O) groups excluding carboxylic acids is 1. The summed E-state index contributed by atoms with van der Waals surface area (Å²) in [5.74, 6) is 0.707. The zero-order chi connectivity index (χ0) is 17.5. The third kappa shape index (κ3) is 3.38. The fourth-order valence-electron chi connectivity index (χ4n) is 3.73. The SMILES string of the molecule is O=C(NC1CN(Cc2cnn(CC3CCC3)c2)C1)c1cn(C2CC2)nn1. The van der Waals surface area contributed by atoms with Crippen molar-refractivity contribution < 1.29 is 4.79 Å². The summed E-state index contributed by atoms with van der Waals surface area (Å²) >= 11 is 0. The highest BCUT2D eigenvalue weighted by molar-refractivity contribution is 5.92. The monoisotopic (exact) mass is 355 g/mol. The molecule has 8 nitrogen and oxygen atoms in total. The highest BCUT2D eigenvalue weighted by atomic mass is 16.2. The van der Waals surface area contributed by atoms with Gasteiger partial charge in [-0.25, -0.2) is 4.68 Å². The standard InChI is InChI=1S/C18H25N7O/c26-18(17-12-25(22-21-17)16-4-5-16)20-15-10-23(11-15)7-14-6-19-24(9-14)8-13-2-1-3-13/h6,9,12-13,15-16H,1-5,7-8,10-11H2,(H,20,26). The minimum Gasteiger partial charge on any atom is -0.345 e. The average molecular weight is 355 g/mol. The van der Waals surface area contributed by atoms with E-state index in [0.29, 0.717) is 11.7 Å². The molecule has 5 rings (SSSR count). The first-order valence-electron chi connectivity index (χ1n) is 9.69. The lowest BCUT2D eigenvalue weighted by Gasteiger charge is -2.39. The maximum absolute atomic E-state index is 12.3. The molecule has 0 atom stereocenters. The number of amides is 1. The molecule has 138 valence electrons. The topological polar surface area (TPSA) is 80.9 Å². The van der Waals surface area contributed by atoms with Gasteiger partial charge in [0.15, 0.2) is 5.69 Å². The van der Waals surface area contributed by atoms with Crippen molar-refractivity contribution in [2.45, 2.75) is 57.3 Å². The lowest BCUT2D eigenvalue weighted by atomic mass is 9.85. The van der Waals surface area contributed by atoms with Crippen molar-refractivity contribution in [3.8, 4) is 0 Å². The molecule has 3 fully saturated rings. The highest BCUT2D eigenvalue weighted by Gasteiger charge is 2.30. The largest absolute Gasteiger partial charge is 0.345 e. The summed E-state index contributed by atoms with van der Waals surface area (Å²) in [4.78, 5) is 14.6. The first-order valence-corrected chi connectivity index (χ1v) is 9.69. The van der Waals surface area contributed by atoms with Gasteiger partial charge in [0.25, 0.3) is 5.91 Å². The summed E-state index contributed by atoms with van der Waals surface area (Å²) in [6.07, 6.45) is 12.2. The predicted octanol–water partition coefficient (Wildman–Crippen LogP) is 1.22. The molecule has 0 bridgehead atoms. The molecular weight excluding hydrogens is 330 g/mol. The zero-order valence-electron chi connectivity index (χ0n) is 14.9. The van der Waals surface area contributed by atoms with Gasteiger partial charge in [-0.2, -0.15) is 5.10 Å². The van der Waals surface area contributed by atoms with Crippen LogP contribution in [0.1, 0.15) is 54.2 Å². The third-order valence-corrected chi connectivity index (χ3v) is 5.72. The highest BCUT2D eigenvalue weighted by Crippen LogP contribution is 2.33. The number of nitrogens with zero attached hydrogens (tertiary/aromatic N) is 6. The zero-order valence-corrected chi connectivity index (χ0v) is 14.9. The Labute approximate surface area is 152 Å². The Balaban J connectivity index is 1.06. The molecule has 26 heavy (non-hydrogen) atoms. The maximum Gasteiger partial charge on any atom is 0.273 e. The Bertz CT molecular complexity index is 783. The molecule has 1 N–H and O–H groups in total. The molecule has 8 heteroatoms. The van der Waals surface area contributed by atoms with Crippen molar-refractivity contribution in [3.63, 3.8) is 0 Å². The lowest BCUT2D eigenvalue weighted by Crippen LogP contribution is -2.58. The third-order valence-electron chi connectivity index (χ3n) is 5.72. The summed E-state index contributed by atoms with van der Waals surface area (Å²) in [5.41, 5.74) is 1.68. The van der Waals surface area contributed by atoms with Crippen LogP contribution in [0.25, 0.3) is 0 Å². The van der Waals surface area contributed by atoms with Gasteiger partial charge < -0.3 is 5.32 Å². The summed E-state index contributed by atoms with van der Waals surface area (Å²) in [7, 11) is 0. The molecule has 0 unspecified atom stereocenters.